The Morgan fingerprint density at radius 1 is 1.64 bits per heavy atom. The topological polar surface area (TPSA) is 48.1 Å². The zero-order chi connectivity index (χ0) is 9.97. The lowest BCUT2D eigenvalue weighted by atomic mass is 10.0. The molecule has 0 radical (unpaired) electrons. The molecule has 2 heterocycles. The van der Waals surface area contributed by atoms with Gasteiger partial charge in [-0.2, -0.15) is 0 Å². The van der Waals surface area contributed by atoms with Gasteiger partial charge in [0.1, 0.15) is 0 Å². The summed E-state index contributed by atoms with van der Waals surface area (Å²) in [4.78, 5) is 4.38. The van der Waals surface area contributed by atoms with Gasteiger partial charge in [-0.1, -0.05) is 0 Å². The van der Waals surface area contributed by atoms with E-state index in [2.05, 4.69) is 4.98 Å². The first kappa shape index (κ1) is 9.68. The van der Waals surface area contributed by atoms with E-state index in [4.69, 9.17) is 10.5 Å². The van der Waals surface area contributed by atoms with E-state index >= 15 is 0 Å². The Bertz CT molecular complexity index is 346. The Hall–Kier alpha value is -0.870. The molecule has 0 amide bonds. The maximum atomic E-state index is 6.08. The second-order valence-electron chi connectivity index (χ2n) is 3.44. The predicted octanol–water partition coefficient (Wildman–Crippen LogP) is 2.15. The molecule has 0 saturated carbocycles. The minimum absolute atomic E-state index is 0.0831. The number of nitrogens with zero attached hydrogens (tertiary/aromatic N) is 1. The van der Waals surface area contributed by atoms with Gasteiger partial charge < -0.3 is 10.5 Å². The maximum absolute atomic E-state index is 6.08. The molecular weight excluding hydrogens is 196 g/mol. The van der Waals surface area contributed by atoms with Crippen LogP contribution in [0.15, 0.2) is 17.2 Å². The van der Waals surface area contributed by atoms with Crippen LogP contribution < -0.4 is 5.73 Å². The monoisotopic (exact) mass is 210 g/mol. The van der Waals surface area contributed by atoms with Crippen LogP contribution in [0.3, 0.4) is 0 Å². The van der Waals surface area contributed by atoms with E-state index in [1.165, 1.54) is 0 Å². The molecule has 0 bridgehead atoms. The van der Waals surface area contributed by atoms with Gasteiger partial charge in [-0.3, -0.25) is 0 Å². The molecule has 2 N–H and O–H groups in total. The zero-order valence-corrected chi connectivity index (χ0v) is 9.01. The third-order valence-corrected chi connectivity index (χ3v) is 3.11. The van der Waals surface area contributed by atoms with Crippen molar-refractivity contribution in [2.24, 2.45) is 5.73 Å². The van der Waals surface area contributed by atoms with E-state index in [0.29, 0.717) is 0 Å². The fourth-order valence-corrected chi connectivity index (χ4v) is 2.18. The van der Waals surface area contributed by atoms with E-state index in [1.807, 2.05) is 12.3 Å². The Labute approximate surface area is 87.6 Å². The number of thiazole rings is 1. The van der Waals surface area contributed by atoms with Crippen LogP contribution in [-0.2, 0) is 4.74 Å². The summed E-state index contributed by atoms with van der Waals surface area (Å²) in [6.45, 7) is 2.80. The van der Waals surface area contributed by atoms with E-state index in [0.717, 1.165) is 35.7 Å². The van der Waals surface area contributed by atoms with Crippen LogP contribution in [0.5, 0.6) is 0 Å². The second kappa shape index (κ2) is 4.11. The average molecular weight is 210 g/mol. The van der Waals surface area contributed by atoms with Gasteiger partial charge in [0.25, 0.3) is 0 Å². The smallest absolute Gasteiger partial charge is 0.0898 e. The van der Waals surface area contributed by atoms with Crippen molar-refractivity contribution in [1.82, 2.24) is 4.98 Å². The molecule has 3 nitrogen and oxygen atoms in total. The quantitative estimate of drug-likeness (QED) is 0.813. The van der Waals surface area contributed by atoms with Gasteiger partial charge in [-0.05, 0) is 25.3 Å². The molecule has 1 atom stereocenters. The van der Waals surface area contributed by atoms with Gasteiger partial charge in [0.15, 0.2) is 0 Å². The highest BCUT2D eigenvalue weighted by molar-refractivity contribution is 7.09. The molecule has 1 aliphatic heterocycles. The van der Waals surface area contributed by atoms with E-state index < -0.39 is 0 Å². The Morgan fingerprint density at radius 2 is 2.50 bits per heavy atom. The molecule has 1 unspecified atom stereocenters. The maximum Gasteiger partial charge on any atom is 0.0898 e. The van der Waals surface area contributed by atoms with E-state index in [9.17, 15) is 0 Å². The third kappa shape index (κ3) is 1.96. The van der Waals surface area contributed by atoms with Gasteiger partial charge in [0, 0.05) is 5.38 Å². The van der Waals surface area contributed by atoms with Crippen molar-refractivity contribution < 1.29 is 4.74 Å². The number of hydrogen-bond donors (Lipinski definition) is 1. The summed E-state index contributed by atoms with van der Waals surface area (Å²) in [7, 11) is 0. The second-order valence-corrected chi connectivity index (χ2v) is 4.50. The fraction of sp³-hybridized carbons (Fsp3) is 0.500. The molecule has 4 heteroatoms. The SMILES string of the molecule is Cc1nc(C(N)C2=COCCC2)cs1. The summed E-state index contributed by atoms with van der Waals surface area (Å²) in [5, 5.41) is 3.09. The molecule has 0 spiro atoms. The first-order valence-electron chi connectivity index (χ1n) is 4.75. The van der Waals surface area contributed by atoms with Gasteiger partial charge in [-0.25, -0.2) is 4.98 Å². The molecule has 0 aliphatic carbocycles. The van der Waals surface area contributed by atoms with E-state index in [1.54, 1.807) is 17.6 Å². The summed E-state index contributed by atoms with van der Waals surface area (Å²) in [5.74, 6) is 0. The minimum Gasteiger partial charge on any atom is -0.501 e. The lowest BCUT2D eigenvalue weighted by Crippen LogP contribution is -2.16. The number of aromatic nitrogens is 1. The minimum atomic E-state index is -0.0831. The number of nitrogens with two attached hydrogens (primary N) is 1. The third-order valence-electron chi connectivity index (χ3n) is 2.32. The van der Waals surface area contributed by atoms with Crippen molar-refractivity contribution >= 4 is 11.3 Å². The van der Waals surface area contributed by atoms with Gasteiger partial charge in [-0.15, -0.1) is 11.3 Å². The van der Waals surface area contributed by atoms with Gasteiger partial charge in [0.2, 0.25) is 0 Å². The zero-order valence-electron chi connectivity index (χ0n) is 8.19. The molecular formula is C10H14N2OS. The first-order chi connectivity index (χ1) is 6.77. The lowest BCUT2D eigenvalue weighted by Gasteiger charge is -2.18. The number of rotatable bonds is 2. The first-order valence-corrected chi connectivity index (χ1v) is 5.63. The molecule has 2 rings (SSSR count). The summed E-state index contributed by atoms with van der Waals surface area (Å²) in [5.41, 5.74) is 8.20. The van der Waals surface area contributed by atoms with Gasteiger partial charge in [0.05, 0.1) is 29.6 Å². The summed E-state index contributed by atoms with van der Waals surface area (Å²) < 4.78 is 5.27. The largest absolute Gasteiger partial charge is 0.501 e. The van der Waals surface area contributed by atoms with Crippen LogP contribution in [0.4, 0.5) is 0 Å². The molecule has 0 aromatic carbocycles. The number of hydrogen-bond acceptors (Lipinski definition) is 4. The predicted molar refractivity (Wildman–Crippen MR) is 57.0 cm³/mol. The van der Waals surface area contributed by atoms with Crippen molar-refractivity contribution in [3.05, 3.63) is 27.9 Å². The molecule has 1 aromatic rings. The van der Waals surface area contributed by atoms with Crippen LogP contribution in [0, 0.1) is 6.92 Å². The lowest BCUT2D eigenvalue weighted by molar-refractivity contribution is 0.221. The highest BCUT2D eigenvalue weighted by atomic mass is 32.1. The molecule has 1 aromatic heterocycles. The molecule has 0 fully saturated rings. The number of aryl methyl sites for hydroxylation is 1. The van der Waals surface area contributed by atoms with Crippen LogP contribution >= 0.6 is 11.3 Å². The normalized spacial score (nSPS) is 18.6. The molecule has 0 saturated heterocycles. The Morgan fingerprint density at radius 3 is 3.07 bits per heavy atom. The standard InChI is InChI=1S/C10H14N2OS/c1-7-12-9(6-14-7)10(11)8-3-2-4-13-5-8/h5-6,10H,2-4,11H2,1H3. The van der Waals surface area contributed by atoms with Crippen molar-refractivity contribution in [2.75, 3.05) is 6.61 Å². The summed E-state index contributed by atoms with van der Waals surface area (Å²) >= 11 is 1.64. The van der Waals surface area contributed by atoms with E-state index in [-0.39, 0.29) is 6.04 Å². The van der Waals surface area contributed by atoms with Crippen LogP contribution in [0.1, 0.15) is 29.6 Å². The Balaban J connectivity index is 2.14. The molecule has 14 heavy (non-hydrogen) atoms. The summed E-state index contributed by atoms with van der Waals surface area (Å²) in [6.07, 6.45) is 3.88. The van der Waals surface area contributed by atoms with Crippen LogP contribution in [0.2, 0.25) is 0 Å². The van der Waals surface area contributed by atoms with Crippen LogP contribution in [-0.4, -0.2) is 11.6 Å². The molecule has 1 aliphatic rings. The van der Waals surface area contributed by atoms with Crippen molar-refractivity contribution in [2.45, 2.75) is 25.8 Å². The van der Waals surface area contributed by atoms with Gasteiger partial charge >= 0.3 is 0 Å². The average Bonchev–Trinajstić information content (AvgIpc) is 2.65. The van der Waals surface area contributed by atoms with Crippen molar-refractivity contribution in [1.29, 1.82) is 0 Å². The van der Waals surface area contributed by atoms with Crippen molar-refractivity contribution in [3.63, 3.8) is 0 Å². The highest BCUT2D eigenvalue weighted by Crippen LogP contribution is 2.26. The van der Waals surface area contributed by atoms with Crippen LogP contribution in [0.25, 0.3) is 0 Å². The highest BCUT2D eigenvalue weighted by Gasteiger charge is 2.16. The number of ether oxygens (including phenoxy) is 1. The van der Waals surface area contributed by atoms with Crippen molar-refractivity contribution in [3.8, 4) is 0 Å². The summed E-state index contributed by atoms with van der Waals surface area (Å²) in [6, 6.07) is -0.0831. The molecule has 76 valence electrons. The Kier molecular flexibility index (Phi) is 2.84. The fourth-order valence-electron chi connectivity index (χ4n) is 1.53.